The molecule has 0 bridgehead atoms. The van der Waals surface area contributed by atoms with Crippen molar-refractivity contribution in [2.24, 2.45) is 5.92 Å². The van der Waals surface area contributed by atoms with Crippen molar-refractivity contribution in [3.63, 3.8) is 0 Å². The second-order valence-electron chi connectivity index (χ2n) is 3.13. The summed E-state index contributed by atoms with van der Waals surface area (Å²) >= 11 is 0. The maximum Gasteiger partial charge on any atom is 0.143 e. The fourth-order valence-electron chi connectivity index (χ4n) is 1.50. The van der Waals surface area contributed by atoms with Crippen molar-refractivity contribution in [1.82, 2.24) is 0 Å². The van der Waals surface area contributed by atoms with Crippen molar-refractivity contribution in [3.05, 3.63) is 0 Å². The maximum absolute atomic E-state index is 11.1. The molecular formula is C9H14O2. The molecule has 2 heteroatoms. The Morgan fingerprint density at radius 1 is 1.27 bits per heavy atom. The van der Waals surface area contributed by atoms with Gasteiger partial charge in [-0.1, -0.05) is 19.8 Å². The van der Waals surface area contributed by atoms with Gasteiger partial charge in [-0.25, -0.2) is 0 Å². The van der Waals surface area contributed by atoms with Crippen molar-refractivity contribution < 1.29 is 9.59 Å². The molecule has 1 fully saturated rings. The molecule has 0 N–H and O–H groups in total. The van der Waals surface area contributed by atoms with Crippen LogP contribution in [-0.4, -0.2) is 11.6 Å². The lowest BCUT2D eigenvalue weighted by molar-refractivity contribution is -0.127. The number of unbranched alkanes of at least 4 members (excludes halogenated alkanes) is 1. The molecule has 0 spiro atoms. The summed E-state index contributed by atoms with van der Waals surface area (Å²) in [6, 6.07) is 0. The average Bonchev–Trinajstić information content (AvgIpc) is 2.29. The first-order valence-corrected chi connectivity index (χ1v) is 4.31. The molecule has 0 aromatic rings. The second kappa shape index (κ2) is 3.65. The largest absolute Gasteiger partial charge is 0.299 e. The van der Waals surface area contributed by atoms with Crippen molar-refractivity contribution in [2.75, 3.05) is 0 Å². The van der Waals surface area contributed by atoms with Gasteiger partial charge in [0.15, 0.2) is 0 Å². The SMILES string of the molecule is CCCCC1C(=O)CCC1=O. The predicted octanol–water partition coefficient (Wildman–Crippen LogP) is 1.72. The van der Waals surface area contributed by atoms with E-state index < -0.39 is 0 Å². The number of hydrogen-bond acceptors (Lipinski definition) is 2. The molecule has 0 aliphatic heterocycles. The minimum atomic E-state index is -0.227. The summed E-state index contributed by atoms with van der Waals surface area (Å²) in [6.45, 7) is 2.07. The van der Waals surface area contributed by atoms with Gasteiger partial charge in [-0.2, -0.15) is 0 Å². The number of rotatable bonds is 3. The van der Waals surface area contributed by atoms with Crippen LogP contribution in [0.25, 0.3) is 0 Å². The molecule has 1 saturated carbocycles. The van der Waals surface area contributed by atoms with Crippen LogP contribution in [-0.2, 0) is 9.59 Å². The quantitative estimate of drug-likeness (QED) is 0.580. The molecule has 0 aromatic carbocycles. The zero-order valence-electron chi connectivity index (χ0n) is 6.93. The summed E-state index contributed by atoms with van der Waals surface area (Å²) < 4.78 is 0. The smallest absolute Gasteiger partial charge is 0.143 e. The molecule has 0 saturated heterocycles. The first-order valence-electron chi connectivity index (χ1n) is 4.31. The molecule has 1 aliphatic rings. The third-order valence-corrected chi connectivity index (χ3v) is 2.24. The van der Waals surface area contributed by atoms with Crippen LogP contribution >= 0.6 is 0 Å². The minimum Gasteiger partial charge on any atom is -0.299 e. The van der Waals surface area contributed by atoms with Gasteiger partial charge in [0.2, 0.25) is 0 Å². The Hall–Kier alpha value is -0.660. The highest BCUT2D eigenvalue weighted by atomic mass is 16.2. The highest BCUT2D eigenvalue weighted by Crippen LogP contribution is 2.22. The first kappa shape index (κ1) is 8.44. The van der Waals surface area contributed by atoms with Crippen LogP contribution in [0, 0.1) is 5.92 Å². The Labute approximate surface area is 67.0 Å². The van der Waals surface area contributed by atoms with E-state index in [2.05, 4.69) is 6.92 Å². The van der Waals surface area contributed by atoms with E-state index in [9.17, 15) is 9.59 Å². The number of hydrogen-bond donors (Lipinski definition) is 0. The molecule has 0 amide bonds. The normalized spacial score (nSPS) is 19.7. The van der Waals surface area contributed by atoms with Crippen LogP contribution in [0.5, 0.6) is 0 Å². The highest BCUT2D eigenvalue weighted by Gasteiger charge is 2.31. The van der Waals surface area contributed by atoms with Crippen LogP contribution < -0.4 is 0 Å². The fraction of sp³-hybridized carbons (Fsp3) is 0.778. The van der Waals surface area contributed by atoms with E-state index in [1.165, 1.54) is 0 Å². The number of Topliss-reactive ketones (excluding diaryl/α,β-unsaturated/α-hetero) is 2. The molecular weight excluding hydrogens is 140 g/mol. The van der Waals surface area contributed by atoms with Gasteiger partial charge in [-0.3, -0.25) is 9.59 Å². The fourth-order valence-corrected chi connectivity index (χ4v) is 1.50. The van der Waals surface area contributed by atoms with Crippen molar-refractivity contribution in [3.8, 4) is 0 Å². The predicted molar refractivity (Wildman–Crippen MR) is 42.3 cm³/mol. The van der Waals surface area contributed by atoms with Gasteiger partial charge in [-0.15, -0.1) is 0 Å². The third-order valence-electron chi connectivity index (χ3n) is 2.24. The van der Waals surface area contributed by atoms with Gasteiger partial charge in [0.25, 0.3) is 0 Å². The lowest BCUT2D eigenvalue weighted by Gasteiger charge is -2.03. The highest BCUT2D eigenvalue weighted by molar-refractivity contribution is 6.08. The van der Waals surface area contributed by atoms with Crippen LogP contribution in [0.2, 0.25) is 0 Å². The molecule has 1 rings (SSSR count). The molecule has 0 heterocycles. The number of carbonyl (C=O) groups excluding carboxylic acids is 2. The van der Waals surface area contributed by atoms with E-state index in [1.807, 2.05) is 0 Å². The zero-order chi connectivity index (χ0) is 8.27. The maximum atomic E-state index is 11.1. The van der Waals surface area contributed by atoms with Gasteiger partial charge in [0, 0.05) is 12.8 Å². The lowest BCUT2D eigenvalue weighted by atomic mass is 9.99. The molecule has 2 nitrogen and oxygen atoms in total. The Morgan fingerprint density at radius 3 is 2.27 bits per heavy atom. The standard InChI is InChI=1S/C9H14O2/c1-2-3-4-7-8(10)5-6-9(7)11/h7H,2-6H2,1H3. The summed E-state index contributed by atoms with van der Waals surface area (Å²) in [5.74, 6) is 0.113. The van der Waals surface area contributed by atoms with E-state index >= 15 is 0 Å². The van der Waals surface area contributed by atoms with Crippen LogP contribution in [0.15, 0.2) is 0 Å². The van der Waals surface area contributed by atoms with Gasteiger partial charge < -0.3 is 0 Å². The zero-order valence-corrected chi connectivity index (χ0v) is 6.93. The minimum absolute atomic E-state index is 0.170. The van der Waals surface area contributed by atoms with E-state index in [4.69, 9.17) is 0 Å². The monoisotopic (exact) mass is 154 g/mol. The van der Waals surface area contributed by atoms with E-state index in [-0.39, 0.29) is 17.5 Å². The van der Waals surface area contributed by atoms with Crippen molar-refractivity contribution in [2.45, 2.75) is 39.0 Å². The third kappa shape index (κ3) is 1.88. The number of carbonyl (C=O) groups is 2. The topological polar surface area (TPSA) is 34.1 Å². The van der Waals surface area contributed by atoms with Gasteiger partial charge in [0.05, 0.1) is 5.92 Å². The van der Waals surface area contributed by atoms with E-state index in [1.54, 1.807) is 0 Å². The van der Waals surface area contributed by atoms with Gasteiger partial charge in [0.1, 0.15) is 11.6 Å². The molecule has 0 aromatic heterocycles. The average molecular weight is 154 g/mol. The van der Waals surface area contributed by atoms with Gasteiger partial charge >= 0.3 is 0 Å². The Kier molecular flexibility index (Phi) is 2.80. The molecule has 0 unspecified atom stereocenters. The molecule has 62 valence electrons. The summed E-state index contributed by atoms with van der Waals surface area (Å²) in [4.78, 5) is 22.1. The molecule has 0 radical (unpaired) electrons. The molecule has 1 aliphatic carbocycles. The Bertz CT molecular complexity index is 156. The summed E-state index contributed by atoms with van der Waals surface area (Å²) in [5.41, 5.74) is 0. The number of ketones is 2. The van der Waals surface area contributed by atoms with Crippen LogP contribution in [0.3, 0.4) is 0 Å². The van der Waals surface area contributed by atoms with Gasteiger partial charge in [-0.05, 0) is 6.42 Å². The van der Waals surface area contributed by atoms with Crippen LogP contribution in [0.1, 0.15) is 39.0 Å². The van der Waals surface area contributed by atoms with Crippen molar-refractivity contribution >= 4 is 11.6 Å². The lowest BCUT2D eigenvalue weighted by Crippen LogP contribution is -2.13. The molecule has 0 atom stereocenters. The summed E-state index contributed by atoms with van der Waals surface area (Å²) in [6.07, 6.45) is 3.84. The van der Waals surface area contributed by atoms with E-state index in [0.717, 1.165) is 19.3 Å². The van der Waals surface area contributed by atoms with Crippen molar-refractivity contribution in [1.29, 1.82) is 0 Å². The molecule has 11 heavy (non-hydrogen) atoms. The van der Waals surface area contributed by atoms with Crippen LogP contribution in [0.4, 0.5) is 0 Å². The Morgan fingerprint density at radius 2 is 1.82 bits per heavy atom. The van der Waals surface area contributed by atoms with E-state index in [0.29, 0.717) is 12.8 Å². The second-order valence-corrected chi connectivity index (χ2v) is 3.13. The Balaban J connectivity index is 2.41. The summed E-state index contributed by atoms with van der Waals surface area (Å²) in [5, 5.41) is 0. The summed E-state index contributed by atoms with van der Waals surface area (Å²) in [7, 11) is 0. The first-order chi connectivity index (χ1) is 5.25.